The molecular weight excluding hydrogens is 404 g/mol. The normalized spacial score (nSPS) is 10.6. The molecule has 0 atom stereocenters. The quantitative estimate of drug-likeness (QED) is 0.367. The van der Waals surface area contributed by atoms with Crippen molar-refractivity contribution in [3.05, 3.63) is 81.9 Å². The molecule has 11 heteroatoms. The van der Waals surface area contributed by atoms with Gasteiger partial charge in [0.1, 0.15) is 10.7 Å². The molecule has 0 fully saturated rings. The third-order valence-electron chi connectivity index (χ3n) is 4.18. The Kier molecular flexibility index (Phi) is 5.14. The fourth-order valence-corrected chi connectivity index (χ4v) is 2.81. The fourth-order valence-electron chi connectivity index (χ4n) is 2.81. The Morgan fingerprint density at radius 3 is 2.45 bits per heavy atom. The van der Waals surface area contributed by atoms with E-state index in [2.05, 4.69) is 20.6 Å². The van der Waals surface area contributed by atoms with E-state index in [0.717, 1.165) is 17.5 Å². The lowest BCUT2D eigenvalue weighted by Crippen LogP contribution is -2.10. The second-order valence-electron chi connectivity index (χ2n) is 6.54. The molecule has 1 N–H and O–H groups in total. The van der Waals surface area contributed by atoms with Gasteiger partial charge in [0.15, 0.2) is 11.6 Å². The number of nitrogens with zero attached hydrogens (tertiary/aromatic N) is 5. The Labute approximate surface area is 175 Å². The van der Waals surface area contributed by atoms with E-state index in [9.17, 15) is 14.9 Å². The van der Waals surface area contributed by atoms with E-state index in [1.807, 2.05) is 19.9 Å². The molecule has 3 aromatic heterocycles. The molecule has 11 nitrogen and oxygen atoms in total. The molecular formula is C20H16N6O5. The molecule has 0 bridgehead atoms. The summed E-state index contributed by atoms with van der Waals surface area (Å²) in [6, 6.07) is 14.2. The first kappa shape index (κ1) is 19.8. The van der Waals surface area contributed by atoms with Crippen molar-refractivity contribution in [1.82, 2.24) is 20.0 Å². The summed E-state index contributed by atoms with van der Waals surface area (Å²) in [4.78, 5) is 22.0. The van der Waals surface area contributed by atoms with Crippen LogP contribution in [0.1, 0.15) is 21.9 Å². The Balaban J connectivity index is 1.39. The largest absolute Gasteiger partial charge is 0.438 e. The van der Waals surface area contributed by atoms with Crippen LogP contribution < -0.4 is 10.1 Å². The molecule has 4 rings (SSSR count). The van der Waals surface area contributed by atoms with Gasteiger partial charge in [-0.3, -0.25) is 14.9 Å². The molecule has 0 aliphatic carbocycles. The Hall–Kier alpha value is -4.54. The Morgan fingerprint density at radius 2 is 1.87 bits per heavy atom. The SMILES string of the molecule is Cc1cc(C)n(-c2ccc(Oc3ccc(NC(=O)c4ccc([N+](=O)[O-])o4)cc3)nn2)n1. The van der Waals surface area contributed by atoms with Gasteiger partial charge in [0.05, 0.1) is 11.8 Å². The lowest BCUT2D eigenvalue weighted by atomic mass is 10.3. The predicted octanol–water partition coefficient (Wildman–Crippen LogP) is 3.82. The first-order valence-electron chi connectivity index (χ1n) is 9.10. The Morgan fingerprint density at radius 1 is 1.10 bits per heavy atom. The lowest BCUT2D eigenvalue weighted by Gasteiger charge is -2.07. The maximum Gasteiger partial charge on any atom is 0.433 e. The van der Waals surface area contributed by atoms with Gasteiger partial charge >= 0.3 is 5.88 Å². The van der Waals surface area contributed by atoms with Gasteiger partial charge in [-0.25, -0.2) is 4.68 Å². The number of furan rings is 1. The molecule has 1 aromatic carbocycles. The number of rotatable bonds is 6. The zero-order valence-electron chi connectivity index (χ0n) is 16.5. The van der Waals surface area contributed by atoms with Crippen LogP contribution >= 0.6 is 0 Å². The van der Waals surface area contributed by atoms with Gasteiger partial charge in [0.25, 0.3) is 5.91 Å². The zero-order chi connectivity index (χ0) is 22.0. The minimum atomic E-state index is -0.713. The number of carbonyl (C=O) groups is 1. The van der Waals surface area contributed by atoms with Gasteiger partial charge < -0.3 is 14.5 Å². The van der Waals surface area contributed by atoms with Crippen LogP contribution in [0.4, 0.5) is 11.6 Å². The van der Waals surface area contributed by atoms with Crippen molar-refractivity contribution in [2.45, 2.75) is 13.8 Å². The van der Waals surface area contributed by atoms with Crippen molar-refractivity contribution in [2.24, 2.45) is 0 Å². The number of benzene rings is 1. The number of carbonyl (C=O) groups excluding carboxylic acids is 1. The summed E-state index contributed by atoms with van der Waals surface area (Å²) in [6.45, 7) is 3.83. The molecule has 0 radical (unpaired) electrons. The van der Waals surface area contributed by atoms with E-state index in [-0.39, 0.29) is 5.76 Å². The number of aryl methyl sites for hydroxylation is 2. The highest BCUT2D eigenvalue weighted by atomic mass is 16.6. The van der Waals surface area contributed by atoms with Crippen LogP contribution in [0.25, 0.3) is 5.82 Å². The molecule has 1 amide bonds. The molecule has 0 spiro atoms. The predicted molar refractivity (Wildman–Crippen MR) is 108 cm³/mol. The second-order valence-corrected chi connectivity index (χ2v) is 6.54. The minimum absolute atomic E-state index is 0.162. The summed E-state index contributed by atoms with van der Waals surface area (Å²) in [5, 5.41) is 25.8. The van der Waals surface area contributed by atoms with Crippen molar-refractivity contribution in [2.75, 3.05) is 5.32 Å². The van der Waals surface area contributed by atoms with Crippen LogP contribution in [0, 0.1) is 24.0 Å². The molecule has 0 saturated heterocycles. The number of hydrogen-bond donors (Lipinski definition) is 1. The van der Waals surface area contributed by atoms with Gasteiger partial charge in [0.2, 0.25) is 5.88 Å². The van der Waals surface area contributed by atoms with Gasteiger partial charge in [-0.2, -0.15) is 5.10 Å². The van der Waals surface area contributed by atoms with Gasteiger partial charge in [-0.15, -0.1) is 10.2 Å². The third-order valence-corrected chi connectivity index (χ3v) is 4.18. The van der Waals surface area contributed by atoms with Crippen LogP contribution in [-0.4, -0.2) is 30.8 Å². The van der Waals surface area contributed by atoms with Crippen LogP contribution in [0.5, 0.6) is 11.6 Å². The number of nitro groups is 1. The minimum Gasteiger partial charge on any atom is -0.438 e. The van der Waals surface area contributed by atoms with E-state index in [1.54, 1.807) is 41.1 Å². The highest BCUT2D eigenvalue weighted by Gasteiger charge is 2.17. The van der Waals surface area contributed by atoms with Crippen molar-refractivity contribution >= 4 is 17.5 Å². The van der Waals surface area contributed by atoms with E-state index >= 15 is 0 Å². The van der Waals surface area contributed by atoms with E-state index < -0.39 is 16.7 Å². The Bertz CT molecular complexity index is 1240. The highest BCUT2D eigenvalue weighted by molar-refractivity contribution is 6.02. The zero-order valence-corrected chi connectivity index (χ0v) is 16.5. The average Bonchev–Trinajstić information content (AvgIpc) is 3.37. The molecule has 156 valence electrons. The third kappa shape index (κ3) is 4.40. The van der Waals surface area contributed by atoms with Gasteiger partial charge in [-0.1, -0.05) is 0 Å². The van der Waals surface area contributed by atoms with E-state index in [4.69, 9.17) is 9.15 Å². The van der Waals surface area contributed by atoms with Crippen LogP contribution in [-0.2, 0) is 0 Å². The summed E-state index contributed by atoms with van der Waals surface area (Å²) in [5.41, 5.74) is 2.29. The number of amides is 1. The molecule has 0 aliphatic heterocycles. The van der Waals surface area contributed by atoms with E-state index in [1.165, 1.54) is 6.07 Å². The van der Waals surface area contributed by atoms with Crippen molar-refractivity contribution < 1.29 is 18.9 Å². The fraction of sp³-hybridized carbons (Fsp3) is 0.100. The number of hydrogen-bond acceptors (Lipinski definition) is 8. The van der Waals surface area contributed by atoms with Crippen molar-refractivity contribution in [3.63, 3.8) is 0 Å². The molecule has 31 heavy (non-hydrogen) atoms. The van der Waals surface area contributed by atoms with Gasteiger partial charge in [-0.05, 0) is 56.3 Å². The lowest BCUT2D eigenvalue weighted by molar-refractivity contribution is -0.402. The van der Waals surface area contributed by atoms with Crippen LogP contribution in [0.3, 0.4) is 0 Å². The molecule has 0 aliphatic rings. The maximum atomic E-state index is 12.1. The van der Waals surface area contributed by atoms with Crippen molar-refractivity contribution in [3.8, 4) is 17.4 Å². The summed E-state index contributed by atoms with van der Waals surface area (Å²) in [6.07, 6.45) is 0. The van der Waals surface area contributed by atoms with Crippen LogP contribution in [0.2, 0.25) is 0 Å². The average molecular weight is 420 g/mol. The maximum absolute atomic E-state index is 12.1. The van der Waals surface area contributed by atoms with Crippen LogP contribution in [0.15, 0.2) is 59.0 Å². The molecule has 0 saturated carbocycles. The molecule has 3 heterocycles. The summed E-state index contributed by atoms with van der Waals surface area (Å²) >= 11 is 0. The standard InChI is InChI=1S/C20H16N6O5/c1-12-11-13(2)25(24-12)17-8-9-18(23-22-17)30-15-5-3-14(4-6-15)21-20(27)16-7-10-19(31-16)26(28)29/h3-11H,1-2H3,(H,21,27). The summed E-state index contributed by atoms with van der Waals surface area (Å²) in [5.74, 6) is 0.0928. The van der Waals surface area contributed by atoms with Crippen molar-refractivity contribution in [1.29, 1.82) is 0 Å². The first-order chi connectivity index (χ1) is 14.9. The number of ether oxygens (including phenoxy) is 1. The topological polar surface area (TPSA) is 138 Å². The number of anilines is 1. The highest BCUT2D eigenvalue weighted by Crippen LogP contribution is 2.23. The van der Waals surface area contributed by atoms with E-state index in [0.29, 0.717) is 23.1 Å². The molecule has 4 aromatic rings. The number of nitrogens with one attached hydrogen (secondary N) is 1. The summed E-state index contributed by atoms with van der Waals surface area (Å²) in [7, 11) is 0. The smallest absolute Gasteiger partial charge is 0.433 e. The first-order valence-corrected chi connectivity index (χ1v) is 9.10. The second kappa shape index (κ2) is 8.06. The summed E-state index contributed by atoms with van der Waals surface area (Å²) < 4.78 is 12.2. The number of aromatic nitrogens is 4. The van der Waals surface area contributed by atoms with Gasteiger partial charge in [0, 0.05) is 17.4 Å². The monoisotopic (exact) mass is 420 g/mol. The molecule has 0 unspecified atom stereocenters.